The summed E-state index contributed by atoms with van der Waals surface area (Å²) in [4.78, 5) is 0. The van der Waals surface area contributed by atoms with Gasteiger partial charge in [0, 0.05) is 30.8 Å². The van der Waals surface area contributed by atoms with Crippen LogP contribution in [0.4, 0.5) is 4.39 Å². The Morgan fingerprint density at radius 1 is 1.50 bits per heavy atom. The Balaban J connectivity index is 1.66. The summed E-state index contributed by atoms with van der Waals surface area (Å²) in [7, 11) is -3.32. The van der Waals surface area contributed by atoms with E-state index in [2.05, 4.69) is 9.82 Å². The Bertz CT molecular complexity index is 874. The summed E-state index contributed by atoms with van der Waals surface area (Å²) in [5, 5.41) is 4.37. The van der Waals surface area contributed by atoms with Crippen LogP contribution in [0.25, 0.3) is 5.69 Å². The molecule has 2 aromatic rings. The smallest absolute Gasteiger partial charge is 0.208 e. The second-order valence-electron chi connectivity index (χ2n) is 6.15. The Morgan fingerprint density at radius 3 is 2.96 bits per heavy atom. The molecule has 1 aliphatic rings. The SMILES string of the molecule is CS(=O)(=O)N[C@H]1CCOC[C@@H]1COc1ccc(-n2cc(Cl)cn2)c(F)c1. The van der Waals surface area contributed by atoms with Gasteiger partial charge >= 0.3 is 0 Å². The third-order valence-electron chi connectivity index (χ3n) is 4.02. The van der Waals surface area contributed by atoms with Gasteiger partial charge in [0.15, 0.2) is 5.82 Å². The number of nitrogens with one attached hydrogen (secondary N) is 1. The molecule has 3 rings (SSSR count). The number of sulfonamides is 1. The van der Waals surface area contributed by atoms with Gasteiger partial charge in [-0.15, -0.1) is 0 Å². The zero-order chi connectivity index (χ0) is 18.7. The molecular formula is C16H19ClFN3O4S. The topological polar surface area (TPSA) is 82.5 Å². The minimum Gasteiger partial charge on any atom is -0.493 e. The van der Waals surface area contributed by atoms with Crippen LogP contribution in [0.5, 0.6) is 5.75 Å². The lowest BCUT2D eigenvalue weighted by Gasteiger charge is -2.31. The molecule has 1 fully saturated rings. The molecule has 0 aliphatic carbocycles. The average molecular weight is 404 g/mol. The summed E-state index contributed by atoms with van der Waals surface area (Å²) in [5.74, 6) is -0.327. The van der Waals surface area contributed by atoms with E-state index in [1.165, 1.54) is 29.2 Å². The van der Waals surface area contributed by atoms with Crippen LogP contribution in [0.2, 0.25) is 5.02 Å². The van der Waals surface area contributed by atoms with Crippen molar-refractivity contribution in [1.29, 1.82) is 0 Å². The highest BCUT2D eigenvalue weighted by atomic mass is 35.5. The first-order valence-corrected chi connectivity index (χ1v) is 10.3. The van der Waals surface area contributed by atoms with Gasteiger partial charge < -0.3 is 9.47 Å². The fraction of sp³-hybridized carbons (Fsp3) is 0.438. The Morgan fingerprint density at radius 2 is 2.31 bits per heavy atom. The fourth-order valence-electron chi connectivity index (χ4n) is 2.79. The molecule has 0 amide bonds. The van der Waals surface area contributed by atoms with Crippen molar-refractivity contribution in [1.82, 2.24) is 14.5 Å². The van der Waals surface area contributed by atoms with Crippen molar-refractivity contribution in [2.75, 3.05) is 26.1 Å². The molecule has 1 aromatic heterocycles. The molecule has 26 heavy (non-hydrogen) atoms. The summed E-state index contributed by atoms with van der Waals surface area (Å²) in [6.45, 7) is 1.07. The summed E-state index contributed by atoms with van der Waals surface area (Å²) in [5.41, 5.74) is 0.252. The first-order chi connectivity index (χ1) is 12.3. The molecule has 0 unspecified atom stereocenters. The van der Waals surface area contributed by atoms with Crippen LogP contribution in [-0.4, -0.2) is 50.3 Å². The highest BCUT2D eigenvalue weighted by Crippen LogP contribution is 2.23. The first-order valence-electron chi connectivity index (χ1n) is 8.00. The van der Waals surface area contributed by atoms with Crippen LogP contribution >= 0.6 is 11.6 Å². The van der Waals surface area contributed by atoms with Gasteiger partial charge in [-0.3, -0.25) is 0 Å². The highest BCUT2D eigenvalue weighted by molar-refractivity contribution is 7.88. The van der Waals surface area contributed by atoms with Crippen LogP contribution < -0.4 is 9.46 Å². The molecule has 2 atom stereocenters. The monoisotopic (exact) mass is 403 g/mol. The standard InChI is InChI=1S/C16H19ClFN3O4S/c1-26(22,23)20-15-4-5-24-9-11(15)10-25-13-2-3-16(14(18)6-13)21-8-12(17)7-19-21/h2-3,6-8,11,15,20H,4-5,9-10H2,1H3/t11-,15+/m1/s1. The molecule has 1 saturated heterocycles. The number of nitrogens with zero attached hydrogens (tertiary/aromatic N) is 2. The largest absolute Gasteiger partial charge is 0.493 e. The Hall–Kier alpha value is -1.68. The van der Waals surface area contributed by atoms with E-state index < -0.39 is 15.8 Å². The van der Waals surface area contributed by atoms with Gasteiger partial charge in [0.25, 0.3) is 0 Å². The highest BCUT2D eigenvalue weighted by Gasteiger charge is 2.28. The predicted molar refractivity (Wildman–Crippen MR) is 94.7 cm³/mol. The van der Waals surface area contributed by atoms with Crippen LogP contribution in [0, 0.1) is 11.7 Å². The van der Waals surface area contributed by atoms with E-state index in [9.17, 15) is 12.8 Å². The van der Waals surface area contributed by atoms with E-state index >= 15 is 0 Å². The molecule has 1 aliphatic heterocycles. The van der Waals surface area contributed by atoms with Crippen molar-refractivity contribution in [3.63, 3.8) is 0 Å². The lowest BCUT2D eigenvalue weighted by Crippen LogP contribution is -2.47. The quantitative estimate of drug-likeness (QED) is 0.797. The summed E-state index contributed by atoms with van der Waals surface area (Å²) in [6.07, 6.45) is 4.61. The Labute approximate surface area is 156 Å². The van der Waals surface area contributed by atoms with E-state index in [0.717, 1.165) is 6.26 Å². The number of hydrogen-bond donors (Lipinski definition) is 1. The lowest BCUT2D eigenvalue weighted by atomic mass is 9.98. The van der Waals surface area contributed by atoms with Gasteiger partial charge in [0.1, 0.15) is 11.4 Å². The molecule has 0 spiro atoms. The van der Waals surface area contributed by atoms with E-state index in [1.54, 1.807) is 6.07 Å². The third-order valence-corrected chi connectivity index (χ3v) is 4.95. The molecule has 142 valence electrons. The molecule has 7 nitrogen and oxygen atoms in total. The maximum absolute atomic E-state index is 14.3. The second-order valence-corrected chi connectivity index (χ2v) is 8.36. The summed E-state index contributed by atoms with van der Waals surface area (Å²) in [6, 6.07) is 4.15. The van der Waals surface area contributed by atoms with Crippen molar-refractivity contribution in [3.05, 3.63) is 41.4 Å². The first kappa shape index (κ1) is 19.1. The van der Waals surface area contributed by atoms with Crippen molar-refractivity contribution >= 4 is 21.6 Å². The van der Waals surface area contributed by atoms with Crippen molar-refractivity contribution in [2.24, 2.45) is 5.92 Å². The second kappa shape index (κ2) is 7.91. The minimum atomic E-state index is -3.32. The van der Waals surface area contributed by atoms with E-state index in [0.29, 0.717) is 30.4 Å². The van der Waals surface area contributed by atoms with E-state index in [4.69, 9.17) is 21.1 Å². The van der Waals surface area contributed by atoms with Crippen LogP contribution in [0.1, 0.15) is 6.42 Å². The number of ether oxygens (including phenoxy) is 2. The summed E-state index contributed by atoms with van der Waals surface area (Å²) < 4.78 is 52.3. The number of rotatable bonds is 6. The van der Waals surface area contributed by atoms with Gasteiger partial charge in [0.2, 0.25) is 10.0 Å². The van der Waals surface area contributed by atoms with E-state index in [-0.39, 0.29) is 24.3 Å². The van der Waals surface area contributed by atoms with Crippen LogP contribution in [-0.2, 0) is 14.8 Å². The maximum Gasteiger partial charge on any atom is 0.208 e. The zero-order valence-electron chi connectivity index (χ0n) is 14.1. The maximum atomic E-state index is 14.3. The fourth-order valence-corrected chi connectivity index (χ4v) is 3.79. The minimum absolute atomic E-state index is 0.161. The van der Waals surface area contributed by atoms with Crippen molar-refractivity contribution in [3.8, 4) is 11.4 Å². The normalized spacial score (nSPS) is 20.9. The molecule has 1 N–H and O–H groups in total. The third kappa shape index (κ3) is 4.94. The van der Waals surface area contributed by atoms with Crippen molar-refractivity contribution < 1.29 is 22.3 Å². The van der Waals surface area contributed by atoms with Gasteiger partial charge in [-0.2, -0.15) is 5.10 Å². The molecule has 10 heteroatoms. The predicted octanol–water partition coefficient (Wildman–Crippen LogP) is 2.00. The Kier molecular flexibility index (Phi) is 5.81. The number of halogens is 2. The van der Waals surface area contributed by atoms with Gasteiger partial charge in [-0.05, 0) is 18.6 Å². The molecule has 0 radical (unpaired) electrons. The number of benzene rings is 1. The van der Waals surface area contributed by atoms with E-state index in [1.807, 2.05) is 0 Å². The average Bonchev–Trinajstić information content (AvgIpc) is 2.99. The summed E-state index contributed by atoms with van der Waals surface area (Å²) >= 11 is 5.80. The molecular weight excluding hydrogens is 385 g/mol. The van der Waals surface area contributed by atoms with Gasteiger partial charge in [-0.25, -0.2) is 22.2 Å². The molecule has 0 saturated carbocycles. The number of aromatic nitrogens is 2. The lowest BCUT2D eigenvalue weighted by molar-refractivity contribution is 0.0186. The zero-order valence-corrected chi connectivity index (χ0v) is 15.6. The molecule has 0 bridgehead atoms. The molecule has 1 aromatic carbocycles. The van der Waals surface area contributed by atoms with Gasteiger partial charge in [0.05, 0.1) is 30.7 Å². The number of hydrogen-bond acceptors (Lipinski definition) is 5. The van der Waals surface area contributed by atoms with Crippen LogP contribution in [0.3, 0.4) is 0 Å². The van der Waals surface area contributed by atoms with Gasteiger partial charge in [-0.1, -0.05) is 11.6 Å². The molecule has 2 heterocycles. The van der Waals surface area contributed by atoms with Crippen LogP contribution in [0.15, 0.2) is 30.6 Å². The van der Waals surface area contributed by atoms with Crippen molar-refractivity contribution in [2.45, 2.75) is 12.5 Å².